The first-order valence-electron chi connectivity index (χ1n) is 12.4. The van der Waals surface area contributed by atoms with Gasteiger partial charge in [-0.3, -0.25) is 9.79 Å². The third-order valence-corrected chi connectivity index (χ3v) is 6.06. The maximum absolute atomic E-state index is 11.7. The minimum absolute atomic E-state index is 0.0402. The van der Waals surface area contributed by atoms with Gasteiger partial charge in [-0.15, -0.1) is 0 Å². The molecule has 7 heteroatoms. The molecule has 0 bridgehead atoms. The highest BCUT2D eigenvalue weighted by Crippen LogP contribution is 2.18. The van der Waals surface area contributed by atoms with E-state index in [0.717, 1.165) is 69.5 Å². The molecule has 1 saturated heterocycles. The summed E-state index contributed by atoms with van der Waals surface area (Å²) in [6.45, 7) is 10.7. The van der Waals surface area contributed by atoms with Crippen molar-refractivity contribution in [3.63, 3.8) is 0 Å². The number of carbonyl (C=O) groups excluding carboxylic acids is 1. The zero-order valence-corrected chi connectivity index (χ0v) is 19.9. The highest BCUT2D eigenvalue weighted by atomic mass is 16.5. The Labute approximate surface area is 193 Å². The quantitative estimate of drug-likeness (QED) is 0.263. The number of amides is 1. The van der Waals surface area contributed by atoms with E-state index >= 15 is 0 Å². The zero-order valence-electron chi connectivity index (χ0n) is 19.9. The molecule has 7 nitrogen and oxygen atoms in total. The number of benzene rings is 1. The number of guanidine groups is 1. The van der Waals surface area contributed by atoms with Crippen LogP contribution in [0.25, 0.3) is 0 Å². The summed E-state index contributed by atoms with van der Waals surface area (Å²) in [5.41, 5.74) is 1.22. The molecule has 2 fully saturated rings. The maximum atomic E-state index is 11.7. The van der Waals surface area contributed by atoms with Gasteiger partial charge in [0.1, 0.15) is 5.75 Å². The summed E-state index contributed by atoms with van der Waals surface area (Å²) in [5, 5.41) is 9.70. The summed E-state index contributed by atoms with van der Waals surface area (Å²) >= 11 is 0. The standard InChI is InChI=1S/C25H41N5O2/c1-3-26-25(27-14-4-16-30-17-12-20(2)13-18-30)28-15-11-21-5-9-23(10-6-21)32-19-24(31)29-22-7-8-22/h5-6,9-10,20,22H,3-4,7-8,11-19H2,1-2H3,(H,29,31)(H2,26,27,28). The molecule has 2 aliphatic rings. The second-order valence-corrected chi connectivity index (χ2v) is 9.09. The number of nitrogens with one attached hydrogen (secondary N) is 3. The van der Waals surface area contributed by atoms with Crippen molar-refractivity contribution in [3.05, 3.63) is 29.8 Å². The summed E-state index contributed by atoms with van der Waals surface area (Å²) in [7, 11) is 0. The van der Waals surface area contributed by atoms with Gasteiger partial charge in [0.15, 0.2) is 12.6 Å². The lowest BCUT2D eigenvalue weighted by molar-refractivity contribution is -0.123. The summed E-state index contributed by atoms with van der Waals surface area (Å²) in [4.78, 5) is 19.0. The molecular weight excluding hydrogens is 402 g/mol. The van der Waals surface area contributed by atoms with Gasteiger partial charge in [-0.1, -0.05) is 19.1 Å². The maximum Gasteiger partial charge on any atom is 0.258 e. The molecule has 1 aromatic rings. The van der Waals surface area contributed by atoms with Crippen LogP contribution in [0.2, 0.25) is 0 Å². The van der Waals surface area contributed by atoms with Gasteiger partial charge < -0.3 is 25.6 Å². The van der Waals surface area contributed by atoms with E-state index < -0.39 is 0 Å². The molecule has 1 aliphatic heterocycles. The van der Waals surface area contributed by atoms with Crippen molar-refractivity contribution in [2.75, 3.05) is 45.9 Å². The van der Waals surface area contributed by atoms with Crippen LogP contribution >= 0.6 is 0 Å². The van der Waals surface area contributed by atoms with Crippen molar-refractivity contribution in [3.8, 4) is 5.75 Å². The van der Waals surface area contributed by atoms with Gasteiger partial charge in [-0.25, -0.2) is 0 Å². The third-order valence-electron chi connectivity index (χ3n) is 6.06. The van der Waals surface area contributed by atoms with Gasteiger partial charge in [0.25, 0.3) is 5.91 Å². The molecule has 1 aromatic carbocycles. The van der Waals surface area contributed by atoms with E-state index in [9.17, 15) is 4.79 Å². The second kappa shape index (κ2) is 13.3. The monoisotopic (exact) mass is 443 g/mol. The number of hydrogen-bond donors (Lipinski definition) is 3. The molecule has 0 atom stereocenters. The SMILES string of the molecule is CCNC(=NCCCN1CCC(C)CC1)NCCc1ccc(OCC(=O)NC2CC2)cc1. The second-order valence-electron chi connectivity index (χ2n) is 9.09. The fraction of sp³-hybridized carbons (Fsp3) is 0.680. The lowest BCUT2D eigenvalue weighted by Crippen LogP contribution is -2.38. The normalized spacial score (nSPS) is 17.8. The number of aliphatic imine (C=N–C) groups is 1. The van der Waals surface area contributed by atoms with Crippen molar-refractivity contribution in [1.29, 1.82) is 0 Å². The average molecular weight is 444 g/mol. The molecule has 1 amide bonds. The summed E-state index contributed by atoms with van der Waals surface area (Å²) < 4.78 is 5.57. The molecule has 3 N–H and O–H groups in total. The summed E-state index contributed by atoms with van der Waals surface area (Å²) in [5.74, 6) is 2.46. The van der Waals surface area contributed by atoms with E-state index in [2.05, 4.69) is 46.8 Å². The van der Waals surface area contributed by atoms with E-state index in [-0.39, 0.29) is 12.5 Å². The molecule has 3 rings (SSSR count). The summed E-state index contributed by atoms with van der Waals surface area (Å²) in [6.07, 6.45) is 6.84. The van der Waals surface area contributed by atoms with E-state index in [1.54, 1.807) is 0 Å². The minimum atomic E-state index is -0.0402. The van der Waals surface area contributed by atoms with Gasteiger partial charge in [0.2, 0.25) is 0 Å². The molecule has 1 heterocycles. The highest BCUT2D eigenvalue weighted by molar-refractivity contribution is 5.79. The third kappa shape index (κ3) is 9.47. The minimum Gasteiger partial charge on any atom is -0.484 e. The number of hydrogen-bond acceptors (Lipinski definition) is 4. The number of piperidine rings is 1. The van der Waals surface area contributed by atoms with Crippen molar-refractivity contribution in [1.82, 2.24) is 20.9 Å². The van der Waals surface area contributed by atoms with Crippen LogP contribution in [0.15, 0.2) is 29.3 Å². The molecule has 0 radical (unpaired) electrons. The number of nitrogens with zero attached hydrogens (tertiary/aromatic N) is 2. The van der Waals surface area contributed by atoms with Crippen LogP contribution in [-0.4, -0.2) is 68.7 Å². The van der Waals surface area contributed by atoms with Crippen LogP contribution in [-0.2, 0) is 11.2 Å². The lowest BCUT2D eigenvalue weighted by atomic mass is 9.99. The molecule has 1 saturated carbocycles. The van der Waals surface area contributed by atoms with Crippen molar-refractivity contribution in [2.24, 2.45) is 10.9 Å². The Bertz CT molecular complexity index is 710. The van der Waals surface area contributed by atoms with Crippen LogP contribution in [0.5, 0.6) is 5.75 Å². The Morgan fingerprint density at radius 3 is 2.56 bits per heavy atom. The van der Waals surface area contributed by atoms with Gasteiger partial charge in [-0.05, 0) is 88.7 Å². The lowest BCUT2D eigenvalue weighted by Gasteiger charge is -2.29. The Morgan fingerprint density at radius 2 is 1.88 bits per heavy atom. The van der Waals surface area contributed by atoms with Crippen LogP contribution in [0.3, 0.4) is 0 Å². The predicted molar refractivity (Wildman–Crippen MR) is 130 cm³/mol. The Balaban J connectivity index is 1.31. The molecule has 1 aliphatic carbocycles. The van der Waals surface area contributed by atoms with Crippen LogP contribution in [0, 0.1) is 5.92 Å². The molecule has 32 heavy (non-hydrogen) atoms. The van der Waals surface area contributed by atoms with Crippen LogP contribution < -0.4 is 20.7 Å². The van der Waals surface area contributed by atoms with Gasteiger partial charge >= 0.3 is 0 Å². The van der Waals surface area contributed by atoms with Gasteiger partial charge in [0.05, 0.1) is 0 Å². The van der Waals surface area contributed by atoms with E-state index in [4.69, 9.17) is 9.73 Å². The van der Waals surface area contributed by atoms with E-state index in [0.29, 0.717) is 6.04 Å². The van der Waals surface area contributed by atoms with E-state index in [1.165, 1.54) is 31.5 Å². The first-order chi connectivity index (χ1) is 15.6. The number of ether oxygens (including phenoxy) is 1. The first kappa shape index (κ1) is 24.4. The largest absolute Gasteiger partial charge is 0.484 e. The Morgan fingerprint density at radius 1 is 1.12 bits per heavy atom. The molecule has 178 valence electrons. The number of carbonyl (C=O) groups is 1. The average Bonchev–Trinajstić information content (AvgIpc) is 3.61. The Kier molecular flexibility index (Phi) is 10.1. The first-order valence-corrected chi connectivity index (χ1v) is 12.4. The highest BCUT2D eigenvalue weighted by Gasteiger charge is 2.23. The fourth-order valence-corrected chi connectivity index (χ4v) is 3.84. The van der Waals surface area contributed by atoms with Crippen molar-refractivity contribution < 1.29 is 9.53 Å². The Hall–Kier alpha value is -2.28. The number of rotatable bonds is 12. The van der Waals surface area contributed by atoms with Crippen LogP contribution in [0.1, 0.15) is 51.5 Å². The van der Waals surface area contributed by atoms with Crippen molar-refractivity contribution in [2.45, 2.75) is 58.4 Å². The predicted octanol–water partition coefficient (Wildman–Crippen LogP) is 2.56. The molecule has 0 spiro atoms. The smallest absolute Gasteiger partial charge is 0.258 e. The molecule has 0 aromatic heterocycles. The van der Waals surface area contributed by atoms with Gasteiger partial charge in [-0.2, -0.15) is 0 Å². The zero-order chi connectivity index (χ0) is 22.6. The topological polar surface area (TPSA) is 78.0 Å². The van der Waals surface area contributed by atoms with Crippen molar-refractivity contribution >= 4 is 11.9 Å². The molecule has 0 unspecified atom stereocenters. The molecular formula is C25H41N5O2. The fourth-order valence-electron chi connectivity index (χ4n) is 3.84. The number of likely N-dealkylation sites (tertiary alicyclic amines) is 1. The summed E-state index contributed by atoms with van der Waals surface area (Å²) in [6, 6.07) is 8.34. The van der Waals surface area contributed by atoms with E-state index in [1.807, 2.05) is 12.1 Å². The van der Waals surface area contributed by atoms with Gasteiger partial charge in [0, 0.05) is 25.7 Å². The van der Waals surface area contributed by atoms with Crippen LogP contribution in [0.4, 0.5) is 0 Å².